The lowest BCUT2D eigenvalue weighted by molar-refractivity contribution is -0.855. The van der Waals surface area contributed by atoms with Gasteiger partial charge in [-0.1, -0.05) is 96.8 Å². The molecule has 8 heteroatoms. The molecule has 2 atom stereocenters. The second-order valence-corrected chi connectivity index (χ2v) is 11.5. The maximum atomic E-state index is 12.0. The fourth-order valence-electron chi connectivity index (χ4n) is 3.62. The Morgan fingerprint density at radius 2 is 1.30 bits per heavy atom. The van der Waals surface area contributed by atoms with Crippen LogP contribution in [0.3, 0.4) is 0 Å². The normalized spacial score (nSPS) is 14.3. The summed E-state index contributed by atoms with van der Waals surface area (Å²) in [4.78, 5) is 21.6. The Morgan fingerprint density at radius 3 is 1.76 bits per heavy atom. The van der Waals surface area contributed by atoms with Crippen LogP contribution in [-0.2, 0) is 23.4 Å². The molecule has 33 heavy (non-hydrogen) atoms. The minimum atomic E-state index is -3.67. The summed E-state index contributed by atoms with van der Waals surface area (Å²) in [5.41, 5.74) is 0. The van der Waals surface area contributed by atoms with E-state index in [0.717, 1.165) is 17.7 Å². The maximum absolute atomic E-state index is 12.0. The van der Waals surface area contributed by atoms with Gasteiger partial charge in [-0.05, 0) is 6.42 Å². The zero-order valence-electron chi connectivity index (χ0n) is 21.7. The molecule has 0 aliphatic carbocycles. The Kier molecular flexibility index (Phi) is 23.0. The molecule has 0 amide bonds. The van der Waals surface area contributed by atoms with Crippen molar-refractivity contribution in [2.75, 3.05) is 46.6 Å². The highest BCUT2D eigenvalue weighted by Crippen LogP contribution is 2.40. The Morgan fingerprint density at radius 1 is 0.818 bits per heavy atom. The third-order valence-corrected chi connectivity index (χ3v) is 7.14. The zero-order valence-corrected chi connectivity index (χ0v) is 22.6. The number of nitrogens with one attached hydrogen (secondary N) is 1. The van der Waals surface area contributed by atoms with Gasteiger partial charge in [-0.3, -0.25) is 9.36 Å². The fourth-order valence-corrected chi connectivity index (χ4v) is 4.88. The first-order valence-corrected chi connectivity index (χ1v) is 15.1. The van der Waals surface area contributed by atoms with Crippen molar-refractivity contribution in [2.45, 2.75) is 109 Å². The van der Waals surface area contributed by atoms with E-state index < -0.39 is 13.7 Å². The molecule has 0 rings (SSSR count). The van der Waals surface area contributed by atoms with Crippen molar-refractivity contribution in [1.82, 2.24) is 0 Å². The summed E-state index contributed by atoms with van der Waals surface area (Å²) >= 11 is 0. The van der Waals surface area contributed by atoms with Gasteiger partial charge in [-0.25, -0.2) is 0 Å². The molecule has 0 aromatic rings. The van der Waals surface area contributed by atoms with Crippen molar-refractivity contribution >= 4 is 14.1 Å². The highest BCUT2D eigenvalue weighted by molar-refractivity contribution is 7.52. The van der Waals surface area contributed by atoms with E-state index in [4.69, 9.17) is 14.0 Å². The van der Waals surface area contributed by atoms with E-state index in [9.17, 15) is 14.3 Å². The minimum Gasteiger partial charge on any atom is -0.460 e. The van der Waals surface area contributed by atoms with Gasteiger partial charge in [0.15, 0.2) is 0 Å². The van der Waals surface area contributed by atoms with Crippen molar-refractivity contribution in [3.63, 3.8) is 0 Å². The van der Waals surface area contributed by atoms with Crippen molar-refractivity contribution in [3.05, 3.63) is 0 Å². The number of rotatable bonds is 26. The molecular weight excluding hydrogens is 441 g/mol. The topological polar surface area (TPSA) is 86.5 Å². The number of hydrogen-bond donors (Lipinski definition) is 2. The van der Waals surface area contributed by atoms with Crippen molar-refractivity contribution in [2.24, 2.45) is 0 Å². The van der Waals surface area contributed by atoms with Gasteiger partial charge in [0.05, 0.1) is 40.0 Å². The van der Waals surface area contributed by atoms with Gasteiger partial charge in [0.1, 0.15) is 6.10 Å². The van der Waals surface area contributed by atoms with Crippen LogP contribution in [0.25, 0.3) is 0 Å². The number of unbranched alkanes of at least 4 members (excludes halogenated alkanes) is 14. The average Bonchev–Trinajstić information content (AvgIpc) is 2.78. The monoisotopic (exact) mass is 494 g/mol. The zero-order chi connectivity index (χ0) is 24.6. The number of carbonyl (C=O) groups is 1. The number of ether oxygens (including phenoxy) is 2. The Bertz CT molecular complexity index is 478. The first-order chi connectivity index (χ1) is 15.9. The SMILES string of the molecule is CCCCCCCCCCCCCCCCCOCC(COP(=O)(O)CC[NH+](C)C)OC=O. The van der Waals surface area contributed by atoms with Crippen molar-refractivity contribution < 1.29 is 33.2 Å². The van der Waals surface area contributed by atoms with E-state index in [0.29, 0.717) is 19.6 Å². The molecule has 0 aliphatic heterocycles. The van der Waals surface area contributed by atoms with Crippen LogP contribution in [0.1, 0.15) is 103 Å². The quantitative estimate of drug-likeness (QED) is 0.102. The molecule has 0 aliphatic rings. The Balaban J connectivity index is 3.54. The van der Waals surface area contributed by atoms with Gasteiger partial charge in [0, 0.05) is 6.61 Å². The molecule has 0 spiro atoms. The second kappa shape index (κ2) is 23.3. The van der Waals surface area contributed by atoms with Gasteiger partial charge in [0.25, 0.3) is 6.47 Å². The first kappa shape index (κ1) is 32.5. The highest BCUT2D eigenvalue weighted by atomic mass is 31.2. The molecule has 0 bridgehead atoms. The van der Waals surface area contributed by atoms with Crippen LogP contribution in [0.4, 0.5) is 0 Å². The Hall–Kier alpha value is -0.460. The average molecular weight is 495 g/mol. The standard InChI is InChI=1S/C25H52NO6P/c1-4-5-6-7-8-9-10-11-12-13-14-15-16-17-18-20-30-22-25(31-24-27)23-32-33(28,29)21-19-26(2)3/h24-25H,4-23H2,1-3H3,(H,28,29)/p+1. The highest BCUT2D eigenvalue weighted by Gasteiger charge is 2.23. The lowest BCUT2D eigenvalue weighted by Crippen LogP contribution is -3.06. The fraction of sp³-hybridized carbons (Fsp3) is 0.960. The molecular formula is C25H53NO6P+. The second-order valence-electron chi connectivity index (χ2n) is 9.49. The van der Waals surface area contributed by atoms with Gasteiger partial charge in [-0.2, -0.15) is 0 Å². The van der Waals surface area contributed by atoms with Crippen LogP contribution in [0.15, 0.2) is 0 Å². The van der Waals surface area contributed by atoms with E-state index >= 15 is 0 Å². The van der Waals surface area contributed by atoms with E-state index in [2.05, 4.69) is 6.92 Å². The predicted octanol–water partition coefficient (Wildman–Crippen LogP) is 4.76. The lowest BCUT2D eigenvalue weighted by atomic mass is 10.0. The molecule has 0 aromatic carbocycles. The predicted molar refractivity (Wildman–Crippen MR) is 135 cm³/mol. The van der Waals surface area contributed by atoms with Crippen LogP contribution in [-0.4, -0.2) is 64.1 Å². The van der Waals surface area contributed by atoms with Crippen LogP contribution in [0.5, 0.6) is 0 Å². The van der Waals surface area contributed by atoms with E-state index in [1.165, 1.54) is 83.5 Å². The molecule has 0 saturated carbocycles. The molecule has 0 aromatic heterocycles. The van der Waals surface area contributed by atoms with Crippen LogP contribution >= 0.6 is 7.60 Å². The number of hydrogen-bond acceptors (Lipinski definition) is 5. The summed E-state index contributed by atoms with van der Waals surface area (Å²) in [5, 5.41) is 0. The van der Waals surface area contributed by atoms with E-state index in [1.54, 1.807) is 0 Å². The van der Waals surface area contributed by atoms with Gasteiger partial charge in [0.2, 0.25) is 0 Å². The van der Waals surface area contributed by atoms with E-state index in [-0.39, 0.29) is 19.4 Å². The molecule has 2 N–H and O–H groups in total. The molecule has 198 valence electrons. The number of quaternary nitrogens is 1. The lowest BCUT2D eigenvalue weighted by Gasteiger charge is -2.18. The van der Waals surface area contributed by atoms with Crippen LogP contribution in [0, 0.1) is 0 Å². The third kappa shape index (κ3) is 24.5. The summed E-state index contributed by atoms with van der Waals surface area (Å²) in [6.07, 6.45) is 19.2. The minimum absolute atomic E-state index is 0.0725. The smallest absolute Gasteiger partial charge is 0.333 e. The summed E-state index contributed by atoms with van der Waals surface area (Å²) in [6, 6.07) is 0. The first-order valence-electron chi connectivity index (χ1n) is 13.3. The van der Waals surface area contributed by atoms with Crippen LogP contribution < -0.4 is 4.90 Å². The maximum Gasteiger partial charge on any atom is 0.333 e. The van der Waals surface area contributed by atoms with Crippen molar-refractivity contribution in [1.29, 1.82) is 0 Å². The largest absolute Gasteiger partial charge is 0.460 e. The molecule has 0 radical (unpaired) electrons. The summed E-state index contributed by atoms with van der Waals surface area (Å²) in [5.74, 6) is 0. The summed E-state index contributed by atoms with van der Waals surface area (Å²) < 4.78 is 27.6. The van der Waals surface area contributed by atoms with E-state index in [1.807, 2.05) is 14.1 Å². The summed E-state index contributed by atoms with van der Waals surface area (Å²) in [6.45, 7) is 3.77. The molecule has 0 heterocycles. The van der Waals surface area contributed by atoms with Gasteiger partial charge < -0.3 is 23.8 Å². The van der Waals surface area contributed by atoms with Gasteiger partial charge >= 0.3 is 7.60 Å². The van der Waals surface area contributed by atoms with Crippen LogP contribution in [0.2, 0.25) is 0 Å². The third-order valence-electron chi connectivity index (χ3n) is 5.80. The molecule has 7 nitrogen and oxygen atoms in total. The van der Waals surface area contributed by atoms with Crippen molar-refractivity contribution in [3.8, 4) is 0 Å². The molecule has 0 saturated heterocycles. The Labute approximate surface area is 203 Å². The number of carbonyl (C=O) groups excluding carboxylic acids is 1. The molecule has 0 fully saturated rings. The van der Waals surface area contributed by atoms with Gasteiger partial charge in [-0.15, -0.1) is 0 Å². The molecule has 2 unspecified atom stereocenters. The summed E-state index contributed by atoms with van der Waals surface area (Å²) in [7, 11) is 0.140.